The molecule has 0 heterocycles. The van der Waals surface area contributed by atoms with Gasteiger partial charge in [-0.1, -0.05) is 24.9 Å². The average Bonchev–Trinajstić information content (AvgIpc) is 2.33. The smallest absolute Gasteiger partial charge is 0.308 e. The number of hydrogen-bond donors (Lipinski definition) is 2. The van der Waals surface area contributed by atoms with Gasteiger partial charge in [0.05, 0.1) is 11.5 Å². The van der Waals surface area contributed by atoms with Crippen LogP contribution in [-0.2, 0) is 4.79 Å². The van der Waals surface area contributed by atoms with E-state index in [1.807, 2.05) is 6.92 Å². The van der Waals surface area contributed by atoms with Gasteiger partial charge in [0.25, 0.3) is 5.91 Å². The van der Waals surface area contributed by atoms with Crippen LogP contribution in [0, 0.1) is 5.92 Å². The Hall–Kier alpha value is -1.07. The molecule has 0 bridgehead atoms. The minimum absolute atomic E-state index is 0.122. The summed E-state index contributed by atoms with van der Waals surface area (Å²) < 4.78 is 0.583. The molecule has 1 aromatic carbocycles. The van der Waals surface area contributed by atoms with Crippen LogP contribution in [0.1, 0.15) is 30.1 Å². The number of carboxylic acid groups (broad SMARTS) is 1. The lowest BCUT2D eigenvalue weighted by molar-refractivity contribution is -0.141. The maximum absolute atomic E-state index is 11.9. The Morgan fingerprint density at radius 1 is 1.47 bits per heavy atom. The fraction of sp³-hybridized carbons (Fsp3) is 0.385. The van der Waals surface area contributed by atoms with E-state index in [-0.39, 0.29) is 12.5 Å². The number of carbonyl (C=O) groups is 2. The minimum Gasteiger partial charge on any atom is -0.481 e. The first kappa shape index (κ1) is 16.0. The van der Waals surface area contributed by atoms with Gasteiger partial charge in [-0.2, -0.15) is 0 Å². The van der Waals surface area contributed by atoms with Crippen molar-refractivity contribution in [3.8, 4) is 0 Å². The molecule has 1 atom stereocenters. The van der Waals surface area contributed by atoms with Crippen LogP contribution >= 0.6 is 27.5 Å². The number of nitrogens with one attached hydrogen (secondary N) is 1. The monoisotopic (exact) mass is 347 g/mol. The zero-order valence-corrected chi connectivity index (χ0v) is 12.8. The number of halogens is 2. The van der Waals surface area contributed by atoms with Gasteiger partial charge in [0.2, 0.25) is 0 Å². The first-order chi connectivity index (χ1) is 8.95. The average molecular weight is 349 g/mol. The van der Waals surface area contributed by atoms with E-state index >= 15 is 0 Å². The van der Waals surface area contributed by atoms with Crippen molar-refractivity contribution >= 4 is 39.4 Å². The molecule has 19 heavy (non-hydrogen) atoms. The molecule has 1 amide bonds. The molecule has 0 radical (unpaired) electrons. The van der Waals surface area contributed by atoms with Gasteiger partial charge in [-0.15, -0.1) is 0 Å². The van der Waals surface area contributed by atoms with E-state index in [1.54, 1.807) is 18.2 Å². The van der Waals surface area contributed by atoms with Gasteiger partial charge in [0, 0.05) is 16.0 Å². The Balaban J connectivity index is 2.66. The molecule has 6 heteroatoms. The van der Waals surface area contributed by atoms with E-state index in [2.05, 4.69) is 21.2 Å². The third kappa shape index (κ3) is 4.84. The maximum Gasteiger partial charge on any atom is 0.308 e. The number of aliphatic carboxylic acids is 1. The molecule has 0 saturated heterocycles. The van der Waals surface area contributed by atoms with Crippen LogP contribution < -0.4 is 5.32 Å². The van der Waals surface area contributed by atoms with E-state index in [4.69, 9.17) is 16.7 Å². The van der Waals surface area contributed by atoms with Gasteiger partial charge in [0.15, 0.2) is 0 Å². The second-order valence-corrected chi connectivity index (χ2v) is 5.45. The number of benzene rings is 1. The second-order valence-electron chi connectivity index (χ2n) is 4.16. The number of amides is 1. The van der Waals surface area contributed by atoms with Gasteiger partial charge in [-0.05, 0) is 40.5 Å². The third-order valence-corrected chi connectivity index (χ3v) is 3.56. The van der Waals surface area contributed by atoms with E-state index < -0.39 is 11.9 Å². The maximum atomic E-state index is 11.9. The zero-order valence-electron chi connectivity index (χ0n) is 10.5. The minimum atomic E-state index is -0.891. The molecule has 4 nitrogen and oxygen atoms in total. The van der Waals surface area contributed by atoms with E-state index in [0.29, 0.717) is 21.5 Å². The highest BCUT2D eigenvalue weighted by atomic mass is 79.9. The largest absolute Gasteiger partial charge is 0.481 e. The van der Waals surface area contributed by atoms with Gasteiger partial charge >= 0.3 is 5.97 Å². The van der Waals surface area contributed by atoms with Crippen LogP contribution in [0.3, 0.4) is 0 Å². The summed E-state index contributed by atoms with van der Waals surface area (Å²) in [7, 11) is 0. The molecule has 0 aliphatic carbocycles. The van der Waals surface area contributed by atoms with Crippen LogP contribution in [0.25, 0.3) is 0 Å². The molecule has 0 spiro atoms. The summed E-state index contributed by atoms with van der Waals surface area (Å²) in [4.78, 5) is 22.9. The first-order valence-electron chi connectivity index (χ1n) is 5.91. The van der Waals surface area contributed by atoms with Crippen molar-refractivity contribution in [3.63, 3.8) is 0 Å². The lowest BCUT2D eigenvalue weighted by atomic mass is 10.0. The molecular formula is C13H15BrClNO3. The molecule has 104 valence electrons. The van der Waals surface area contributed by atoms with Crippen molar-refractivity contribution in [1.29, 1.82) is 0 Å². The molecule has 1 rings (SSSR count). The van der Waals surface area contributed by atoms with Gasteiger partial charge < -0.3 is 10.4 Å². The summed E-state index contributed by atoms with van der Waals surface area (Å²) in [6.45, 7) is 2.03. The normalized spacial score (nSPS) is 11.9. The molecule has 1 aromatic rings. The number of carbonyl (C=O) groups excluding carboxylic acids is 1. The predicted octanol–water partition coefficient (Wildman–Crippen LogP) is 3.33. The van der Waals surface area contributed by atoms with E-state index in [9.17, 15) is 9.59 Å². The Labute approximate surface area is 125 Å². The molecule has 0 fully saturated rings. The van der Waals surface area contributed by atoms with Crippen LogP contribution in [0.5, 0.6) is 0 Å². The Bertz CT molecular complexity index is 479. The topological polar surface area (TPSA) is 66.4 Å². The highest BCUT2D eigenvalue weighted by molar-refractivity contribution is 9.10. The highest BCUT2D eigenvalue weighted by Gasteiger charge is 2.18. The molecule has 0 aliphatic rings. The lowest BCUT2D eigenvalue weighted by Gasteiger charge is -2.13. The molecule has 2 N–H and O–H groups in total. The van der Waals surface area contributed by atoms with Crippen molar-refractivity contribution in [2.45, 2.75) is 19.8 Å². The standard InChI is InChI=1S/C13H15BrClNO3/c1-2-3-8(13(18)19)7-16-12(17)10-5-4-9(15)6-11(10)14/h4-6,8H,2-3,7H2,1H3,(H,16,17)(H,18,19). The van der Waals surface area contributed by atoms with Gasteiger partial charge in [-0.3, -0.25) is 9.59 Å². The van der Waals surface area contributed by atoms with Gasteiger partial charge in [-0.25, -0.2) is 0 Å². The quantitative estimate of drug-likeness (QED) is 0.828. The summed E-state index contributed by atoms with van der Waals surface area (Å²) in [6, 6.07) is 4.83. The van der Waals surface area contributed by atoms with Crippen molar-refractivity contribution in [2.24, 2.45) is 5.92 Å². The van der Waals surface area contributed by atoms with Crippen LogP contribution in [0.2, 0.25) is 5.02 Å². The Morgan fingerprint density at radius 2 is 2.16 bits per heavy atom. The fourth-order valence-electron chi connectivity index (χ4n) is 1.65. The molecule has 0 aromatic heterocycles. The summed E-state index contributed by atoms with van der Waals surface area (Å²) >= 11 is 9.05. The van der Waals surface area contributed by atoms with Crippen LogP contribution in [0.4, 0.5) is 0 Å². The van der Waals surface area contributed by atoms with Crippen molar-refractivity contribution in [3.05, 3.63) is 33.3 Å². The number of hydrogen-bond acceptors (Lipinski definition) is 2. The molecular weight excluding hydrogens is 334 g/mol. The van der Waals surface area contributed by atoms with Gasteiger partial charge in [0.1, 0.15) is 0 Å². The summed E-state index contributed by atoms with van der Waals surface area (Å²) in [5.41, 5.74) is 0.435. The highest BCUT2D eigenvalue weighted by Crippen LogP contribution is 2.21. The second kappa shape index (κ2) is 7.50. The summed E-state index contributed by atoms with van der Waals surface area (Å²) in [5, 5.41) is 12.2. The fourth-order valence-corrected chi connectivity index (χ4v) is 2.51. The van der Waals surface area contributed by atoms with E-state index in [1.165, 1.54) is 0 Å². The third-order valence-electron chi connectivity index (χ3n) is 2.67. The molecule has 0 aliphatic heterocycles. The number of rotatable bonds is 6. The number of carboxylic acids is 1. The SMILES string of the molecule is CCCC(CNC(=O)c1ccc(Cl)cc1Br)C(=O)O. The van der Waals surface area contributed by atoms with Crippen molar-refractivity contribution in [1.82, 2.24) is 5.32 Å². The zero-order chi connectivity index (χ0) is 14.4. The van der Waals surface area contributed by atoms with Crippen LogP contribution in [0.15, 0.2) is 22.7 Å². The molecule has 0 saturated carbocycles. The van der Waals surface area contributed by atoms with Crippen molar-refractivity contribution in [2.75, 3.05) is 6.54 Å². The van der Waals surface area contributed by atoms with Crippen LogP contribution in [-0.4, -0.2) is 23.5 Å². The predicted molar refractivity (Wildman–Crippen MR) is 77.5 cm³/mol. The Morgan fingerprint density at radius 3 is 2.68 bits per heavy atom. The Kier molecular flexibility index (Phi) is 6.31. The first-order valence-corrected chi connectivity index (χ1v) is 7.08. The lowest BCUT2D eigenvalue weighted by Crippen LogP contribution is -2.33. The van der Waals surface area contributed by atoms with E-state index in [0.717, 1.165) is 6.42 Å². The summed E-state index contributed by atoms with van der Waals surface area (Å²) in [5.74, 6) is -1.76. The molecule has 1 unspecified atom stereocenters. The summed E-state index contributed by atoms with van der Waals surface area (Å²) in [6.07, 6.45) is 1.30. The van der Waals surface area contributed by atoms with Crippen molar-refractivity contribution < 1.29 is 14.7 Å².